The maximum Gasteiger partial charge on any atom is 0.287 e. The first-order chi connectivity index (χ1) is 1.89. The van der Waals surface area contributed by atoms with Crippen LogP contribution in [0.3, 0.4) is 0 Å². The van der Waals surface area contributed by atoms with Gasteiger partial charge in [0.1, 0.15) is 8.76 Å². The van der Waals surface area contributed by atoms with E-state index in [0.29, 0.717) is 0 Å². The molecule has 0 aliphatic carbocycles. The zero-order valence-corrected chi connectivity index (χ0v) is 4.08. The SMILES string of the molecule is [O-][s+]1ss1. The van der Waals surface area contributed by atoms with Crippen molar-refractivity contribution in [1.82, 2.24) is 0 Å². The van der Waals surface area contributed by atoms with Crippen LogP contribution in [0.1, 0.15) is 0 Å². The van der Waals surface area contributed by atoms with E-state index in [1.165, 1.54) is 18.7 Å². The lowest BCUT2D eigenvalue weighted by molar-refractivity contribution is 0.608. The Morgan fingerprint density at radius 1 is 1.50 bits per heavy atom. The van der Waals surface area contributed by atoms with Crippen molar-refractivity contribution in [3.05, 3.63) is 0 Å². The van der Waals surface area contributed by atoms with Crippen LogP contribution in [0.25, 0.3) is 0 Å². The molecule has 0 saturated carbocycles. The molecule has 1 aromatic heterocycles. The highest BCUT2D eigenvalue weighted by molar-refractivity contribution is 8.37. The molecule has 0 N–H and O–H groups in total. The Kier molecular flexibility index (Phi) is 0.558. The van der Waals surface area contributed by atoms with Crippen molar-refractivity contribution < 1.29 is 4.55 Å². The maximum absolute atomic E-state index is 9.59. The van der Waals surface area contributed by atoms with Gasteiger partial charge in [-0.2, -0.15) is 0 Å². The summed E-state index contributed by atoms with van der Waals surface area (Å²) in [6, 6.07) is 0. The van der Waals surface area contributed by atoms with Gasteiger partial charge in [-0.05, 0) is 0 Å². The molecule has 0 unspecified atom stereocenters. The van der Waals surface area contributed by atoms with Gasteiger partial charge in [-0.1, -0.05) is 0 Å². The van der Waals surface area contributed by atoms with Gasteiger partial charge in [-0.25, -0.2) is 0 Å². The van der Waals surface area contributed by atoms with Crippen molar-refractivity contribution in [2.45, 2.75) is 0 Å². The Bertz CT molecular complexity index is 61.8. The van der Waals surface area contributed by atoms with Crippen LogP contribution in [0.2, 0.25) is 0 Å². The zero-order valence-electron chi connectivity index (χ0n) is 1.63. The second kappa shape index (κ2) is 0.787. The predicted octanol–water partition coefficient (Wildman–Crippen LogP) is 1.54. The maximum atomic E-state index is 9.59. The second-order valence-electron chi connectivity index (χ2n) is 0.340. The van der Waals surface area contributed by atoms with E-state index < -0.39 is 8.76 Å². The molecular weight excluding hydrogens is 112 g/mol. The lowest BCUT2D eigenvalue weighted by Crippen LogP contribution is -1.14. The summed E-state index contributed by atoms with van der Waals surface area (Å²) < 4.78 is 9.59. The first-order valence-corrected chi connectivity index (χ1v) is 5.00. The van der Waals surface area contributed by atoms with Gasteiger partial charge in [0.05, 0.1) is 0 Å². The van der Waals surface area contributed by atoms with Gasteiger partial charge >= 0.3 is 0 Å². The molecule has 0 spiro atoms. The largest absolute Gasteiger partial charge is 0.678 e. The molecule has 1 nitrogen and oxygen atoms in total. The molecule has 1 heterocycles. The van der Waals surface area contributed by atoms with Crippen LogP contribution < -0.4 is 0 Å². The third-order valence-corrected chi connectivity index (χ3v) is 3.34. The monoisotopic (exact) mass is 112 g/mol. The Balaban J connectivity index is 2.81. The molecule has 0 radical (unpaired) electrons. The average molecular weight is 112 g/mol. The highest BCUT2D eigenvalue weighted by atomic mass is 33.7. The highest BCUT2D eigenvalue weighted by Crippen LogP contribution is 2.39. The first-order valence-electron chi connectivity index (χ1n) is 0.667. The number of rotatable bonds is 0. The molecule has 0 atom stereocenters. The quantitative estimate of drug-likeness (QED) is 0.369. The minimum atomic E-state index is -0.528. The summed E-state index contributed by atoms with van der Waals surface area (Å²) in [7, 11) is 2.30. The summed E-state index contributed by atoms with van der Waals surface area (Å²) in [5, 5.41) is 0. The summed E-state index contributed by atoms with van der Waals surface area (Å²) >= 11 is 0. The van der Waals surface area contributed by atoms with Gasteiger partial charge in [0.15, 0.2) is 0 Å². The smallest absolute Gasteiger partial charge is 0.287 e. The number of hydrogen-bond donors (Lipinski definition) is 0. The summed E-state index contributed by atoms with van der Waals surface area (Å²) in [6.45, 7) is 0. The van der Waals surface area contributed by atoms with Gasteiger partial charge in [-0.3, -0.25) is 0 Å². The molecule has 4 heteroatoms. The van der Waals surface area contributed by atoms with Crippen LogP contribution in [0.15, 0.2) is 0 Å². The van der Waals surface area contributed by atoms with E-state index in [0.717, 1.165) is 0 Å². The molecule has 0 aliphatic rings. The Morgan fingerprint density at radius 3 is 1.75 bits per heavy atom. The fraction of sp³-hybridized carbons (Fsp3) is 0. The minimum Gasteiger partial charge on any atom is -0.678 e. The third-order valence-electron chi connectivity index (χ3n) is 0.124. The molecule has 0 amide bonds. The van der Waals surface area contributed by atoms with E-state index in [4.69, 9.17) is 0 Å². The van der Waals surface area contributed by atoms with E-state index in [2.05, 4.69) is 0 Å². The molecular formula is OS3. The Morgan fingerprint density at radius 2 is 1.75 bits per heavy atom. The Labute approximate surface area is 32.5 Å². The van der Waals surface area contributed by atoms with Gasteiger partial charge < -0.3 is 4.55 Å². The molecule has 0 aliphatic heterocycles. The van der Waals surface area contributed by atoms with Gasteiger partial charge in [-0.15, -0.1) is 0 Å². The average Bonchev–Trinajstić information content (AvgIpc) is 1.75. The van der Waals surface area contributed by atoms with Crippen molar-refractivity contribution in [2.75, 3.05) is 0 Å². The van der Waals surface area contributed by atoms with Gasteiger partial charge in [0.2, 0.25) is 0 Å². The van der Waals surface area contributed by atoms with Crippen LogP contribution in [0.5, 0.6) is 0 Å². The summed E-state index contributed by atoms with van der Waals surface area (Å²) in [4.78, 5) is 0. The molecule has 0 bridgehead atoms. The molecule has 1 aromatic rings. The summed E-state index contributed by atoms with van der Waals surface area (Å²) in [6.07, 6.45) is 0. The zero-order chi connectivity index (χ0) is 2.99. The summed E-state index contributed by atoms with van der Waals surface area (Å²) in [5.74, 6) is 0. The topological polar surface area (TPSA) is 23.1 Å². The van der Waals surface area contributed by atoms with E-state index >= 15 is 0 Å². The van der Waals surface area contributed by atoms with Gasteiger partial charge in [0, 0.05) is 0 Å². The van der Waals surface area contributed by atoms with Gasteiger partial charge in [0.25, 0.3) is 18.7 Å². The van der Waals surface area contributed by atoms with Crippen LogP contribution in [0.4, 0.5) is 0 Å². The normalized spacial score (nSPS) is 9.25. The number of hydrogen-bond acceptors (Lipinski definition) is 3. The van der Waals surface area contributed by atoms with Crippen LogP contribution >= 0.6 is 27.4 Å². The minimum absolute atomic E-state index is 0.528. The summed E-state index contributed by atoms with van der Waals surface area (Å²) in [5.41, 5.74) is 0. The lowest BCUT2D eigenvalue weighted by Gasteiger charge is -1.55. The van der Waals surface area contributed by atoms with Crippen molar-refractivity contribution in [3.8, 4) is 0 Å². The highest BCUT2D eigenvalue weighted by Gasteiger charge is 1.99. The molecule has 0 fully saturated rings. The molecule has 4 heavy (non-hydrogen) atoms. The van der Waals surface area contributed by atoms with Crippen LogP contribution in [0, 0.1) is 0 Å². The molecule has 0 aromatic carbocycles. The molecule has 24 valence electrons. The van der Waals surface area contributed by atoms with E-state index in [1.807, 2.05) is 0 Å². The van der Waals surface area contributed by atoms with E-state index in [9.17, 15) is 4.55 Å². The second-order valence-corrected chi connectivity index (χ2v) is 6.74. The third kappa shape index (κ3) is 0.525. The molecule has 0 saturated heterocycles. The van der Waals surface area contributed by atoms with Crippen LogP contribution in [-0.2, 0) is 0 Å². The van der Waals surface area contributed by atoms with E-state index in [1.54, 1.807) is 0 Å². The standard InChI is InChI=1S/OS3/c1-4-2-3-4. The van der Waals surface area contributed by atoms with Crippen molar-refractivity contribution >= 4 is 27.4 Å². The molecule has 1 rings (SSSR count). The van der Waals surface area contributed by atoms with E-state index in [-0.39, 0.29) is 0 Å². The predicted molar refractivity (Wildman–Crippen MR) is 20.9 cm³/mol. The van der Waals surface area contributed by atoms with Crippen molar-refractivity contribution in [3.63, 3.8) is 0 Å². The first kappa shape index (κ1) is 2.84. The fourth-order valence-electron chi connectivity index (χ4n) is 0.0113. The lowest BCUT2D eigenvalue weighted by atomic mass is 15.9. The van der Waals surface area contributed by atoms with Crippen molar-refractivity contribution in [1.29, 1.82) is 0 Å². The van der Waals surface area contributed by atoms with Crippen LogP contribution in [-0.4, -0.2) is 4.55 Å². The fourth-order valence-corrected chi connectivity index (χ4v) is 0.919. The van der Waals surface area contributed by atoms with Crippen molar-refractivity contribution in [2.24, 2.45) is 0 Å². The Hall–Kier alpha value is 0.620.